The van der Waals surface area contributed by atoms with Gasteiger partial charge >= 0.3 is 0 Å². The van der Waals surface area contributed by atoms with Crippen LogP contribution in [0, 0.1) is 5.41 Å². The van der Waals surface area contributed by atoms with Crippen LogP contribution in [0.15, 0.2) is 27.8 Å². The van der Waals surface area contributed by atoms with Crippen molar-refractivity contribution in [2.24, 2.45) is 16.3 Å². The zero-order chi connectivity index (χ0) is 14.8. The van der Waals surface area contributed by atoms with E-state index in [1.165, 1.54) is 0 Å². The molecule has 1 aliphatic carbocycles. The van der Waals surface area contributed by atoms with Crippen LogP contribution in [0.5, 0.6) is 5.75 Å². The third-order valence-electron chi connectivity index (χ3n) is 3.65. The molecule has 1 aliphatic rings. The number of halogens is 1. The Morgan fingerprint density at radius 1 is 1.55 bits per heavy atom. The molecule has 1 fully saturated rings. The number of rotatable bonds is 4. The molecule has 4 N–H and O–H groups in total. The van der Waals surface area contributed by atoms with Crippen LogP contribution in [0.3, 0.4) is 0 Å². The second-order valence-corrected chi connectivity index (χ2v) is 5.58. The number of hydrogen-bond acceptors (Lipinski definition) is 4. The van der Waals surface area contributed by atoms with E-state index in [4.69, 9.17) is 15.7 Å². The van der Waals surface area contributed by atoms with Gasteiger partial charge in [-0.25, -0.2) is 0 Å². The number of nitrogens with two attached hydrogens (primary N) is 1. The molecular formula is C13H16BrN3O3. The lowest BCUT2D eigenvalue weighted by atomic mass is 9.67. The van der Waals surface area contributed by atoms with Crippen LogP contribution in [0.1, 0.15) is 19.3 Å². The maximum atomic E-state index is 12.4. The van der Waals surface area contributed by atoms with Gasteiger partial charge in [0.2, 0.25) is 5.91 Å². The summed E-state index contributed by atoms with van der Waals surface area (Å²) >= 11 is 3.35. The van der Waals surface area contributed by atoms with Crippen molar-refractivity contribution < 1.29 is 14.7 Å². The van der Waals surface area contributed by atoms with Crippen LogP contribution < -0.4 is 15.8 Å². The zero-order valence-corrected chi connectivity index (χ0v) is 12.6. The largest absolute Gasteiger partial charge is 0.495 e. The molecule has 1 saturated carbocycles. The van der Waals surface area contributed by atoms with Crippen molar-refractivity contribution >= 4 is 33.4 Å². The Kier molecular flexibility index (Phi) is 4.17. The van der Waals surface area contributed by atoms with Gasteiger partial charge in [-0.3, -0.25) is 4.79 Å². The topological polar surface area (TPSA) is 96.9 Å². The number of methoxy groups -OCH3 is 1. The van der Waals surface area contributed by atoms with E-state index in [1.807, 2.05) is 0 Å². The summed E-state index contributed by atoms with van der Waals surface area (Å²) in [6, 6.07) is 5.25. The molecule has 7 heteroatoms. The van der Waals surface area contributed by atoms with E-state index in [9.17, 15) is 4.79 Å². The molecule has 0 aliphatic heterocycles. The highest BCUT2D eigenvalue weighted by atomic mass is 79.9. The molecule has 0 radical (unpaired) electrons. The van der Waals surface area contributed by atoms with Crippen LogP contribution >= 0.6 is 15.9 Å². The number of hydrogen-bond donors (Lipinski definition) is 3. The Morgan fingerprint density at radius 3 is 2.75 bits per heavy atom. The maximum absolute atomic E-state index is 12.4. The summed E-state index contributed by atoms with van der Waals surface area (Å²) in [5.74, 6) is 0.322. The van der Waals surface area contributed by atoms with E-state index >= 15 is 0 Å². The van der Waals surface area contributed by atoms with Gasteiger partial charge < -0.3 is 21.0 Å². The highest BCUT2D eigenvalue weighted by Gasteiger charge is 2.48. The number of carbonyl (C=O) groups is 1. The molecule has 0 bridgehead atoms. The minimum Gasteiger partial charge on any atom is -0.495 e. The zero-order valence-electron chi connectivity index (χ0n) is 11.0. The van der Waals surface area contributed by atoms with Crippen molar-refractivity contribution in [1.82, 2.24) is 0 Å². The third-order valence-corrected chi connectivity index (χ3v) is 4.30. The predicted octanol–water partition coefficient (Wildman–Crippen LogP) is 2.31. The molecule has 0 saturated heterocycles. The number of carbonyl (C=O) groups excluding carboxylic acids is 1. The van der Waals surface area contributed by atoms with Crippen molar-refractivity contribution in [3.8, 4) is 5.75 Å². The summed E-state index contributed by atoms with van der Waals surface area (Å²) in [6.07, 6.45) is 2.05. The minimum atomic E-state index is -0.894. The van der Waals surface area contributed by atoms with Crippen molar-refractivity contribution in [2.45, 2.75) is 19.3 Å². The van der Waals surface area contributed by atoms with Crippen LogP contribution in [-0.4, -0.2) is 24.1 Å². The van der Waals surface area contributed by atoms with E-state index in [0.717, 1.165) is 10.9 Å². The molecule has 0 heterocycles. The fourth-order valence-electron chi connectivity index (χ4n) is 2.21. The maximum Gasteiger partial charge on any atom is 0.238 e. The molecule has 108 valence electrons. The first-order valence-electron chi connectivity index (χ1n) is 6.16. The molecule has 6 nitrogen and oxygen atoms in total. The minimum absolute atomic E-state index is 0.0367. The Bertz CT molecular complexity index is 556. The molecular weight excluding hydrogens is 326 g/mol. The Morgan fingerprint density at radius 2 is 2.25 bits per heavy atom. The predicted molar refractivity (Wildman–Crippen MR) is 79.0 cm³/mol. The van der Waals surface area contributed by atoms with E-state index in [1.54, 1.807) is 25.3 Å². The smallest absolute Gasteiger partial charge is 0.238 e. The molecule has 0 aromatic heterocycles. The summed E-state index contributed by atoms with van der Waals surface area (Å²) < 4.78 is 5.97. The fraction of sp³-hybridized carbons (Fsp3) is 0.385. The molecule has 1 aromatic rings. The lowest BCUT2D eigenvalue weighted by molar-refractivity contribution is -0.125. The first-order chi connectivity index (χ1) is 9.53. The first-order valence-corrected chi connectivity index (χ1v) is 6.96. The average Bonchev–Trinajstić information content (AvgIpc) is 2.39. The highest BCUT2D eigenvalue weighted by Crippen LogP contribution is 2.42. The number of anilines is 1. The van der Waals surface area contributed by atoms with E-state index in [2.05, 4.69) is 26.4 Å². The van der Waals surface area contributed by atoms with Crippen molar-refractivity contribution in [1.29, 1.82) is 0 Å². The van der Waals surface area contributed by atoms with E-state index < -0.39 is 5.41 Å². The van der Waals surface area contributed by atoms with E-state index in [-0.39, 0.29) is 11.7 Å². The van der Waals surface area contributed by atoms with Gasteiger partial charge in [0, 0.05) is 11.8 Å². The van der Waals surface area contributed by atoms with Crippen molar-refractivity contribution in [3.05, 3.63) is 22.7 Å². The van der Waals surface area contributed by atoms with E-state index in [0.29, 0.717) is 24.3 Å². The summed E-state index contributed by atoms with van der Waals surface area (Å²) in [5.41, 5.74) is 5.36. The van der Waals surface area contributed by atoms with Gasteiger partial charge in [-0.15, -0.1) is 0 Å². The molecule has 1 aromatic carbocycles. The monoisotopic (exact) mass is 341 g/mol. The van der Waals surface area contributed by atoms with Crippen LogP contribution in [0.25, 0.3) is 0 Å². The summed E-state index contributed by atoms with van der Waals surface area (Å²) in [7, 11) is 1.55. The van der Waals surface area contributed by atoms with Gasteiger partial charge in [0.05, 0.1) is 11.6 Å². The molecule has 0 atom stereocenters. The van der Waals surface area contributed by atoms with Gasteiger partial charge in [0.25, 0.3) is 0 Å². The quantitative estimate of drug-likeness (QED) is 0.339. The number of amides is 1. The average molecular weight is 342 g/mol. The third kappa shape index (κ3) is 2.45. The lowest BCUT2D eigenvalue weighted by Gasteiger charge is -2.38. The highest BCUT2D eigenvalue weighted by molar-refractivity contribution is 9.10. The lowest BCUT2D eigenvalue weighted by Crippen LogP contribution is -2.51. The van der Waals surface area contributed by atoms with Gasteiger partial charge in [-0.1, -0.05) is 11.6 Å². The van der Waals surface area contributed by atoms with Gasteiger partial charge in [0.15, 0.2) is 5.84 Å². The standard InChI is InChI=1S/C13H16BrN3O3/c1-20-10-7-8(3-4-9(10)14)16-12(18)13(5-2-6-13)11(15)17-19/h3-4,7,19H,2,5-6H2,1H3,(H2,15,17)(H,16,18). The first kappa shape index (κ1) is 14.6. The molecule has 0 spiro atoms. The van der Waals surface area contributed by atoms with Crippen molar-refractivity contribution in [2.75, 3.05) is 12.4 Å². The van der Waals surface area contributed by atoms with Crippen molar-refractivity contribution in [3.63, 3.8) is 0 Å². The summed E-state index contributed by atoms with van der Waals surface area (Å²) in [6.45, 7) is 0. The molecule has 2 rings (SSSR count). The Hall–Kier alpha value is -1.76. The van der Waals surface area contributed by atoms with Gasteiger partial charge in [-0.05, 0) is 40.9 Å². The number of nitrogens with one attached hydrogen (secondary N) is 1. The Balaban J connectivity index is 2.19. The molecule has 1 amide bonds. The van der Waals surface area contributed by atoms with Gasteiger partial charge in [-0.2, -0.15) is 0 Å². The number of nitrogens with zero attached hydrogens (tertiary/aromatic N) is 1. The van der Waals surface area contributed by atoms with Gasteiger partial charge in [0.1, 0.15) is 11.2 Å². The Labute approximate surface area is 125 Å². The second kappa shape index (κ2) is 5.70. The number of benzene rings is 1. The number of ether oxygens (including phenoxy) is 1. The second-order valence-electron chi connectivity index (χ2n) is 4.72. The summed E-state index contributed by atoms with van der Waals surface area (Å²) in [4.78, 5) is 12.4. The van der Waals surface area contributed by atoms with Crippen LogP contribution in [0.4, 0.5) is 5.69 Å². The normalized spacial score (nSPS) is 17.2. The molecule has 0 unspecified atom stereocenters. The number of oxime groups is 1. The fourth-order valence-corrected chi connectivity index (χ4v) is 2.62. The number of amidine groups is 1. The van der Waals surface area contributed by atoms with Crippen LogP contribution in [0.2, 0.25) is 0 Å². The summed E-state index contributed by atoms with van der Waals surface area (Å²) in [5, 5.41) is 14.6. The van der Waals surface area contributed by atoms with Crippen LogP contribution in [-0.2, 0) is 4.79 Å². The molecule has 20 heavy (non-hydrogen) atoms. The SMILES string of the molecule is COc1cc(NC(=O)C2(/C(N)=N/O)CCC2)ccc1Br.